The predicted octanol–water partition coefficient (Wildman–Crippen LogP) is 1.67. The number of aromatic nitrogens is 1. The first kappa shape index (κ1) is 21.0. The van der Waals surface area contributed by atoms with Crippen LogP contribution in [0.3, 0.4) is 0 Å². The van der Waals surface area contributed by atoms with Crippen LogP contribution in [0.25, 0.3) is 32.3 Å². The molecule has 0 spiro atoms. The van der Waals surface area contributed by atoms with Crippen molar-refractivity contribution in [1.29, 1.82) is 0 Å². The molecule has 0 aliphatic rings. The third-order valence-corrected chi connectivity index (χ3v) is 4.94. The van der Waals surface area contributed by atoms with Gasteiger partial charge in [0.1, 0.15) is 0 Å². The van der Waals surface area contributed by atoms with E-state index in [1.807, 2.05) is 18.2 Å². The second-order valence-electron chi connectivity index (χ2n) is 5.89. The minimum absolute atomic E-state index is 1.01. The molecular weight excluding hydrogens is 410 g/mol. The Bertz CT molecular complexity index is 897. The lowest BCUT2D eigenvalue weighted by Gasteiger charge is -2.17. The van der Waals surface area contributed by atoms with E-state index in [0.717, 1.165) is 21.8 Å². The van der Waals surface area contributed by atoms with Crippen LogP contribution in [0.15, 0.2) is 97.1 Å². The highest BCUT2D eigenvalue weighted by Crippen LogP contribution is 2.34. The molecule has 0 amide bonds. The summed E-state index contributed by atoms with van der Waals surface area (Å²) in [4.78, 5) is 6.14. The molecule has 0 aliphatic carbocycles. The Morgan fingerprint density at radius 2 is 1.00 bits per heavy atom. The van der Waals surface area contributed by atoms with Crippen molar-refractivity contribution in [3.05, 3.63) is 97.1 Å². The van der Waals surface area contributed by atoms with Crippen molar-refractivity contribution in [2.24, 2.45) is 0 Å². The van der Waals surface area contributed by atoms with Crippen LogP contribution < -0.4 is 18.6 Å². The average molecular weight is 426 g/mol. The molecule has 7 heteroatoms. The zero-order chi connectivity index (χ0) is 20.7. The van der Waals surface area contributed by atoms with Crippen LogP contribution in [0.4, 0.5) is 0 Å². The third-order valence-electron chi connectivity index (χ3n) is 3.85. The van der Waals surface area contributed by atoms with E-state index in [1.165, 1.54) is 10.4 Å². The molecule has 146 valence electrons. The highest BCUT2D eigenvalue weighted by atomic mass is 35.7. The highest BCUT2D eigenvalue weighted by molar-refractivity contribution is 7.18. The third kappa shape index (κ3) is 6.69. The number of halogens is 1. The van der Waals surface area contributed by atoms with Gasteiger partial charge in [0.25, 0.3) is 11.3 Å². The first-order valence-electron chi connectivity index (χ1n) is 8.53. The van der Waals surface area contributed by atoms with Gasteiger partial charge in [0.05, 0.1) is 11.3 Å². The van der Waals surface area contributed by atoms with Gasteiger partial charge in [0.2, 0.25) is 4.88 Å². The van der Waals surface area contributed by atoms with E-state index in [1.54, 1.807) is 11.3 Å². The van der Waals surface area contributed by atoms with Gasteiger partial charge in [0.15, 0.2) is 0 Å². The smallest absolute Gasteiger partial charge is 0.222 e. The molecule has 0 aliphatic heterocycles. The van der Waals surface area contributed by atoms with Gasteiger partial charge in [-0.3, -0.25) is 0 Å². The average Bonchev–Trinajstić information content (AvgIpc) is 2.74. The van der Waals surface area contributed by atoms with Crippen LogP contribution in [0.2, 0.25) is 0 Å². The van der Waals surface area contributed by atoms with Gasteiger partial charge in [-0.15, -0.1) is 10.2 Å². The van der Waals surface area contributed by atoms with Crippen molar-refractivity contribution in [3.63, 3.8) is 0 Å². The van der Waals surface area contributed by atoms with Crippen LogP contribution in [-0.4, -0.2) is 4.98 Å². The van der Waals surface area contributed by atoms with E-state index < -0.39 is 10.2 Å². The number of hydrogen-bond acceptors (Lipinski definition) is 5. The molecule has 0 N–H and O–H groups in total. The lowest BCUT2D eigenvalue weighted by Crippen LogP contribution is -2.68. The quantitative estimate of drug-likeness (QED) is 0.464. The first-order valence-corrected chi connectivity index (χ1v) is 10.6. The number of hydrogen-bond donors (Lipinski definition) is 0. The molecule has 0 radical (unpaired) electrons. The van der Waals surface area contributed by atoms with Gasteiger partial charge in [-0.2, -0.15) is 4.98 Å². The summed E-state index contributed by atoms with van der Waals surface area (Å²) in [5.41, 5.74) is 4.52. The fourth-order valence-corrected chi connectivity index (χ4v) is 3.66. The van der Waals surface area contributed by atoms with Gasteiger partial charge in [-0.05, 0) is 24.3 Å². The van der Waals surface area contributed by atoms with E-state index in [0.29, 0.717) is 0 Å². The summed E-state index contributed by atoms with van der Waals surface area (Å²) in [7, 11) is -4.94. The lowest BCUT2D eigenvalue weighted by atomic mass is 10.1. The van der Waals surface area contributed by atoms with Crippen LogP contribution in [-0.2, 0) is 0 Å². The van der Waals surface area contributed by atoms with Crippen molar-refractivity contribution in [3.8, 4) is 32.3 Å². The molecule has 0 saturated heterocycles. The maximum absolute atomic E-state index is 8.49. The van der Waals surface area contributed by atoms with E-state index in [2.05, 4.69) is 78.9 Å². The zero-order valence-electron chi connectivity index (χ0n) is 15.1. The van der Waals surface area contributed by atoms with Gasteiger partial charge in [0, 0.05) is 17.2 Å². The Balaban J connectivity index is 0.000000431. The number of rotatable bonds is 3. The fraction of sp³-hybridized carbons (Fsp3) is 0. The summed E-state index contributed by atoms with van der Waals surface area (Å²) in [6.45, 7) is 0. The summed E-state index contributed by atoms with van der Waals surface area (Å²) >= 11 is 1.73. The SMILES string of the molecule is [O-][Cl+3]([O-])([O-])[O-].c1ccc(-c2cc(-c3ccccc3)[s+]c(-c3ccccc3)n2)cc1. The second-order valence-corrected chi connectivity index (χ2v) is 7.68. The summed E-state index contributed by atoms with van der Waals surface area (Å²) in [6.07, 6.45) is 0. The van der Waals surface area contributed by atoms with E-state index in [9.17, 15) is 0 Å². The Kier molecular flexibility index (Phi) is 7.00. The fourth-order valence-electron chi connectivity index (χ4n) is 2.63. The Labute approximate surface area is 174 Å². The molecule has 1 heterocycles. The largest absolute Gasteiger partial charge is 0.331 e. The molecule has 5 nitrogen and oxygen atoms in total. The molecule has 0 saturated carbocycles. The maximum atomic E-state index is 8.49. The van der Waals surface area contributed by atoms with Gasteiger partial charge < -0.3 is 0 Å². The molecule has 29 heavy (non-hydrogen) atoms. The minimum atomic E-state index is -4.94. The maximum Gasteiger partial charge on any atom is 0.331 e. The normalized spacial score (nSPS) is 10.8. The molecule has 3 aromatic carbocycles. The summed E-state index contributed by atoms with van der Waals surface area (Å²) in [6, 6.07) is 33.4. The van der Waals surface area contributed by atoms with E-state index >= 15 is 0 Å². The molecule has 0 fully saturated rings. The van der Waals surface area contributed by atoms with Gasteiger partial charge >= 0.3 is 5.01 Å². The predicted molar refractivity (Wildman–Crippen MR) is 103 cm³/mol. The van der Waals surface area contributed by atoms with E-state index in [-0.39, 0.29) is 0 Å². The number of nitrogens with zero attached hydrogens (tertiary/aromatic N) is 1. The Hall–Kier alpha value is -2.71. The number of benzene rings is 3. The second kappa shape index (κ2) is 9.67. The van der Waals surface area contributed by atoms with Crippen molar-refractivity contribution in [1.82, 2.24) is 4.98 Å². The molecule has 0 atom stereocenters. The monoisotopic (exact) mass is 425 g/mol. The topological polar surface area (TPSA) is 105 Å². The molecular formula is C22H16ClNO4S. The highest BCUT2D eigenvalue weighted by Gasteiger charge is 2.20. The summed E-state index contributed by atoms with van der Waals surface area (Å²) in [5, 5.41) is 1.04. The van der Waals surface area contributed by atoms with Crippen LogP contribution in [0.5, 0.6) is 0 Å². The first-order chi connectivity index (χ1) is 13.9. The minimum Gasteiger partial charge on any atom is -0.222 e. The van der Waals surface area contributed by atoms with Crippen LogP contribution in [0, 0.1) is 10.2 Å². The zero-order valence-corrected chi connectivity index (χ0v) is 16.7. The Morgan fingerprint density at radius 3 is 1.48 bits per heavy atom. The lowest BCUT2D eigenvalue weighted by molar-refractivity contribution is -2.00. The van der Waals surface area contributed by atoms with Crippen molar-refractivity contribution in [2.45, 2.75) is 0 Å². The molecule has 1 aromatic heterocycles. The van der Waals surface area contributed by atoms with Crippen molar-refractivity contribution in [2.75, 3.05) is 0 Å². The molecule has 4 aromatic rings. The molecule has 4 rings (SSSR count). The summed E-state index contributed by atoms with van der Waals surface area (Å²) in [5.74, 6) is 0. The van der Waals surface area contributed by atoms with Crippen LogP contribution in [0.1, 0.15) is 0 Å². The van der Waals surface area contributed by atoms with Crippen molar-refractivity contribution >= 4 is 11.3 Å². The van der Waals surface area contributed by atoms with Gasteiger partial charge in [-0.25, -0.2) is 18.6 Å². The van der Waals surface area contributed by atoms with Crippen molar-refractivity contribution < 1.29 is 28.9 Å². The summed E-state index contributed by atoms with van der Waals surface area (Å²) < 4.78 is 34.0. The van der Waals surface area contributed by atoms with Crippen LogP contribution >= 0.6 is 11.3 Å². The molecule has 0 bridgehead atoms. The van der Waals surface area contributed by atoms with Gasteiger partial charge in [-0.1, -0.05) is 66.7 Å². The van der Waals surface area contributed by atoms with E-state index in [4.69, 9.17) is 23.6 Å². The molecule has 0 unspecified atom stereocenters. The Morgan fingerprint density at radius 1 is 0.586 bits per heavy atom. The standard InChI is InChI=1S/C22H16NS.ClHO4/c1-4-10-17(11-5-1)20-16-21(18-12-6-2-7-13-18)24-22(23-20)19-14-8-3-9-15-19;2-1(3,4)5/h1-16H;(H,2,3,4,5)/q+1;/p-1.